The van der Waals surface area contributed by atoms with Crippen LogP contribution in [0.5, 0.6) is 0 Å². The molecule has 3 aromatic heterocycles. The molecule has 0 aliphatic rings. The lowest BCUT2D eigenvalue weighted by Crippen LogP contribution is -2.00. The summed E-state index contributed by atoms with van der Waals surface area (Å²) in [5.41, 5.74) is 14.6. The topological polar surface area (TPSA) is 56.7 Å². The molecule has 0 saturated carbocycles. The Bertz CT molecular complexity index is 3500. The molecule has 3 heterocycles. The van der Waals surface area contributed by atoms with Crippen molar-refractivity contribution >= 4 is 43.7 Å². The SMILES string of the molecule is c1ccc(-c2ccc(-c3nc(-c4ccccc4)nc(-c4cccc5oc6cc(-n7c8ccc(-c9ccccc9)cc8c8cc(-c9ccccc9)ccc87)ccc6c45)n3)cc2)cc1. The van der Waals surface area contributed by atoms with Crippen LogP contribution in [-0.2, 0) is 0 Å². The molecular formula is C57H36N4O. The minimum atomic E-state index is 0.587. The van der Waals surface area contributed by atoms with E-state index in [4.69, 9.17) is 19.4 Å². The maximum Gasteiger partial charge on any atom is 0.164 e. The molecule has 12 rings (SSSR count). The molecule has 0 atom stereocenters. The van der Waals surface area contributed by atoms with Crippen LogP contribution in [0.2, 0.25) is 0 Å². The molecule has 5 nitrogen and oxygen atoms in total. The van der Waals surface area contributed by atoms with Gasteiger partial charge in [0, 0.05) is 50.0 Å². The third kappa shape index (κ3) is 6.14. The highest BCUT2D eigenvalue weighted by atomic mass is 16.3. The van der Waals surface area contributed by atoms with Gasteiger partial charge in [0.2, 0.25) is 0 Å². The molecule has 12 aromatic rings. The summed E-state index contributed by atoms with van der Waals surface area (Å²) in [5, 5.41) is 4.35. The van der Waals surface area contributed by atoms with E-state index >= 15 is 0 Å². The first kappa shape index (κ1) is 35.5. The number of rotatable bonds is 7. The number of fused-ring (bicyclic) bond motifs is 6. The van der Waals surface area contributed by atoms with Crippen molar-refractivity contribution in [2.75, 3.05) is 0 Å². The molecule has 0 saturated heterocycles. The fourth-order valence-electron chi connectivity index (χ4n) is 8.85. The predicted octanol–water partition coefficient (Wildman–Crippen LogP) is 14.9. The monoisotopic (exact) mass is 792 g/mol. The van der Waals surface area contributed by atoms with E-state index in [0.717, 1.165) is 66.5 Å². The molecular weight excluding hydrogens is 757 g/mol. The minimum Gasteiger partial charge on any atom is -0.456 e. The highest BCUT2D eigenvalue weighted by Crippen LogP contribution is 2.41. The van der Waals surface area contributed by atoms with E-state index in [1.807, 2.05) is 48.5 Å². The zero-order chi connectivity index (χ0) is 41.0. The summed E-state index contributed by atoms with van der Waals surface area (Å²) in [5.74, 6) is 1.81. The maximum atomic E-state index is 6.73. The average Bonchev–Trinajstić information content (AvgIpc) is 3.89. The fourth-order valence-corrected chi connectivity index (χ4v) is 8.85. The van der Waals surface area contributed by atoms with Crippen LogP contribution < -0.4 is 0 Å². The smallest absolute Gasteiger partial charge is 0.164 e. The molecule has 9 aromatic carbocycles. The molecule has 0 unspecified atom stereocenters. The van der Waals surface area contributed by atoms with Gasteiger partial charge in [-0.3, -0.25) is 0 Å². The third-order valence-corrected chi connectivity index (χ3v) is 11.9. The number of aromatic nitrogens is 4. The Morgan fingerprint density at radius 2 is 0.758 bits per heavy atom. The molecule has 0 radical (unpaired) electrons. The number of nitrogens with zero attached hydrogens (tertiary/aromatic N) is 4. The molecule has 0 N–H and O–H groups in total. The number of hydrogen-bond donors (Lipinski definition) is 0. The Morgan fingerprint density at radius 3 is 1.32 bits per heavy atom. The molecule has 0 spiro atoms. The maximum absolute atomic E-state index is 6.73. The largest absolute Gasteiger partial charge is 0.456 e. The summed E-state index contributed by atoms with van der Waals surface area (Å²) in [6, 6.07) is 76.4. The molecule has 290 valence electrons. The summed E-state index contributed by atoms with van der Waals surface area (Å²) >= 11 is 0. The first-order valence-corrected chi connectivity index (χ1v) is 20.8. The zero-order valence-corrected chi connectivity index (χ0v) is 33.5. The third-order valence-electron chi connectivity index (χ3n) is 11.9. The van der Waals surface area contributed by atoms with Crippen LogP contribution in [-0.4, -0.2) is 19.5 Å². The van der Waals surface area contributed by atoms with Crippen LogP contribution >= 0.6 is 0 Å². The Morgan fingerprint density at radius 1 is 0.306 bits per heavy atom. The first-order chi connectivity index (χ1) is 30.7. The van der Waals surface area contributed by atoms with Crippen LogP contribution in [0, 0.1) is 0 Å². The van der Waals surface area contributed by atoms with Gasteiger partial charge in [0.15, 0.2) is 17.5 Å². The van der Waals surface area contributed by atoms with Gasteiger partial charge in [-0.15, -0.1) is 0 Å². The number of benzene rings is 9. The van der Waals surface area contributed by atoms with Gasteiger partial charge in [-0.2, -0.15) is 0 Å². The molecule has 0 aliphatic carbocycles. The molecule has 0 amide bonds. The van der Waals surface area contributed by atoms with E-state index in [1.165, 1.54) is 33.0 Å². The van der Waals surface area contributed by atoms with E-state index in [1.54, 1.807) is 0 Å². The lowest BCUT2D eigenvalue weighted by atomic mass is 10.0. The van der Waals surface area contributed by atoms with Crippen molar-refractivity contribution in [3.05, 3.63) is 218 Å². The molecule has 0 aliphatic heterocycles. The van der Waals surface area contributed by atoms with Crippen molar-refractivity contribution in [2.24, 2.45) is 0 Å². The van der Waals surface area contributed by atoms with Crippen molar-refractivity contribution in [3.63, 3.8) is 0 Å². The van der Waals surface area contributed by atoms with Crippen molar-refractivity contribution in [1.82, 2.24) is 19.5 Å². The summed E-state index contributed by atoms with van der Waals surface area (Å²) in [4.78, 5) is 15.3. The number of furan rings is 1. The van der Waals surface area contributed by atoms with Crippen LogP contribution in [0.25, 0.3) is 117 Å². The summed E-state index contributed by atoms with van der Waals surface area (Å²) in [7, 11) is 0. The van der Waals surface area contributed by atoms with Gasteiger partial charge in [-0.05, 0) is 75.8 Å². The summed E-state index contributed by atoms with van der Waals surface area (Å²) in [6.07, 6.45) is 0. The van der Waals surface area contributed by atoms with Gasteiger partial charge in [-0.1, -0.05) is 170 Å². The summed E-state index contributed by atoms with van der Waals surface area (Å²) in [6.45, 7) is 0. The molecule has 62 heavy (non-hydrogen) atoms. The van der Waals surface area contributed by atoms with E-state index in [9.17, 15) is 0 Å². The van der Waals surface area contributed by atoms with Crippen molar-refractivity contribution in [3.8, 4) is 73.2 Å². The van der Waals surface area contributed by atoms with E-state index in [0.29, 0.717) is 17.5 Å². The molecule has 0 bridgehead atoms. The standard InChI is InChI=1S/C57H36N4O/c1-5-14-37(15-6-1)40-24-26-42(27-25-40)56-58-55(41-20-11-4-12-21-41)59-57(60-56)47-22-13-23-52-54(47)46-31-30-45(36-53(46)62-52)61-50-32-28-43(38-16-7-2-8-17-38)34-48(50)49-35-44(29-33-51(49)61)39-18-9-3-10-19-39/h1-36H. The van der Waals surface area contributed by atoms with E-state index in [-0.39, 0.29) is 0 Å². The van der Waals surface area contributed by atoms with Gasteiger partial charge in [-0.25, -0.2) is 15.0 Å². The lowest BCUT2D eigenvalue weighted by Gasteiger charge is -2.10. The van der Waals surface area contributed by atoms with Crippen molar-refractivity contribution < 1.29 is 4.42 Å². The van der Waals surface area contributed by atoms with Crippen LogP contribution in [0.3, 0.4) is 0 Å². The van der Waals surface area contributed by atoms with Gasteiger partial charge in [0.1, 0.15) is 11.2 Å². The first-order valence-electron chi connectivity index (χ1n) is 20.8. The van der Waals surface area contributed by atoms with Crippen LogP contribution in [0.1, 0.15) is 0 Å². The Labute approximate surface area is 357 Å². The van der Waals surface area contributed by atoms with Crippen molar-refractivity contribution in [1.29, 1.82) is 0 Å². The second-order valence-electron chi connectivity index (χ2n) is 15.6. The van der Waals surface area contributed by atoms with Gasteiger partial charge in [0.05, 0.1) is 11.0 Å². The van der Waals surface area contributed by atoms with E-state index < -0.39 is 0 Å². The van der Waals surface area contributed by atoms with Crippen molar-refractivity contribution in [2.45, 2.75) is 0 Å². The van der Waals surface area contributed by atoms with Gasteiger partial charge >= 0.3 is 0 Å². The molecule has 5 heteroatoms. The molecule has 0 fully saturated rings. The fraction of sp³-hybridized carbons (Fsp3) is 0. The normalized spacial score (nSPS) is 11.5. The van der Waals surface area contributed by atoms with Gasteiger partial charge < -0.3 is 8.98 Å². The highest BCUT2D eigenvalue weighted by Gasteiger charge is 2.20. The minimum absolute atomic E-state index is 0.587. The van der Waals surface area contributed by atoms with E-state index in [2.05, 4.69) is 174 Å². The lowest BCUT2D eigenvalue weighted by molar-refractivity contribution is 0.668. The predicted molar refractivity (Wildman–Crippen MR) is 254 cm³/mol. The second kappa shape index (κ2) is 14.7. The quantitative estimate of drug-likeness (QED) is 0.161. The Hall–Kier alpha value is -8.41. The van der Waals surface area contributed by atoms with Gasteiger partial charge in [0.25, 0.3) is 0 Å². The Kier molecular flexibility index (Phi) is 8.42. The van der Waals surface area contributed by atoms with Crippen LogP contribution in [0.15, 0.2) is 223 Å². The second-order valence-corrected chi connectivity index (χ2v) is 15.6. The Balaban J connectivity index is 1.01. The summed E-state index contributed by atoms with van der Waals surface area (Å²) < 4.78 is 9.09. The highest BCUT2D eigenvalue weighted by molar-refractivity contribution is 6.14. The number of hydrogen-bond acceptors (Lipinski definition) is 4. The zero-order valence-electron chi connectivity index (χ0n) is 33.5. The average molecular weight is 793 g/mol. The van der Waals surface area contributed by atoms with Crippen LogP contribution in [0.4, 0.5) is 0 Å².